The molecular formula is C21H20O4. The van der Waals surface area contributed by atoms with Gasteiger partial charge < -0.3 is 9.15 Å². The Bertz CT molecular complexity index is 857. The molecular weight excluding hydrogens is 316 g/mol. The van der Waals surface area contributed by atoms with Gasteiger partial charge in [0.2, 0.25) is 5.76 Å². The molecule has 1 atom stereocenters. The number of ether oxygens (including phenoxy) is 1. The topological polar surface area (TPSA) is 56.5 Å². The van der Waals surface area contributed by atoms with Crippen molar-refractivity contribution in [3.8, 4) is 0 Å². The Morgan fingerprint density at radius 2 is 1.80 bits per heavy atom. The average molecular weight is 336 g/mol. The van der Waals surface area contributed by atoms with E-state index >= 15 is 0 Å². The number of Topliss-reactive ketones (excluding diaryl/α,β-unsaturated/α-hetero) is 1. The van der Waals surface area contributed by atoms with Crippen molar-refractivity contribution in [2.75, 3.05) is 6.61 Å². The second-order valence-electron chi connectivity index (χ2n) is 6.08. The van der Waals surface area contributed by atoms with Crippen LogP contribution in [0.2, 0.25) is 0 Å². The van der Waals surface area contributed by atoms with Crippen LogP contribution in [0.15, 0.2) is 59.0 Å². The predicted molar refractivity (Wildman–Crippen MR) is 96.0 cm³/mol. The Balaban J connectivity index is 1.62. The van der Waals surface area contributed by atoms with Crippen LogP contribution in [0, 0.1) is 0 Å². The van der Waals surface area contributed by atoms with Crippen LogP contribution in [-0.2, 0) is 4.74 Å². The normalized spacial score (nSPS) is 12.1. The van der Waals surface area contributed by atoms with Crippen molar-refractivity contribution >= 4 is 22.7 Å². The van der Waals surface area contributed by atoms with E-state index in [1.54, 1.807) is 24.3 Å². The maximum absolute atomic E-state index is 12.2. The van der Waals surface area contributed by atoms with Crippen LogP contribution in [0.5, 0.6) is 0 Å². The maximum Gasteiger partial charge on any atom is 0.374 e. The summed E-state index contributed by atoms with van der Waals surface area (Å²) in [5, 5.41) is 0.821. The van der Waals surface area contributed by atoms with E-state index in [1.807, 2.05) is 30.3 Å². The third-order valence-electron chi connectivity index (χ3n) is 4.38. The summed E-state index contributed by atoms with van der Waals surface area (Å²) in [4.78, 5) is 24.3. The van der Waals surface area contributed by atoms with E-state index in [-0.39, 0.29) is 18.2 Å². The molecule has 0 radical (unpaired) electrons. The zero-order valence-corrected chi connectivity index (χ0v) is 14.3. The molecule has 0 aliphatic rings. The van der Waals surface area contributed by atoms with Crippen LogP contribution in [-0.4, -0.2) is 18.4 Å². The zero-order valence-electron chi connectivity index (χ0n) is 14.3. The molecule has 25 heavy (non-hydrogen) atoms. The molecule has 0 unspecified atom stereocenters. The van der Waals surface area contributed by atoms with Gasteiger partial charge in [-0.25, -0.2) is 4.79 Å². The van der Waals surface area contributed by atoms with Gasteiger partial charge in [-0.15, -0.1) is 0 Å². The minimum atomic E-state index is -0.638. The molecule has 0 fully saturated rings. The molecule has 3 rings (SSSR count). The first kappa shape index (κ1) is 17.0. The van der Waals surface area contributed by atoms with Gasteiger partial charge in [-0.3, -0.25) is 4.79 Å². The summed E-state index contributed by atoms with van der Waals surface area (Å²) < 4.78 is 10.5. The minimum absolute atomic E-state index is 0.0983. The highest BCUT2D eigenvalue weighted by Crippen LogP contribution is 2.20. The first-order valence-electron chi connectivity index (χ1n) is 8.37. The second-order valence-corrected chi connectivity index (χ2v) is 6.08. The molecule has 1 heterocycles. The van der Waals surface area contributed by atoms with E-state index < -0.39 is 5.97 Å². The lowest BCUT2D eigenvalue weighted by molar-refractivity contribution is 0.0446. The van der Waals surface area contributed by atoms with Gasteiger partial charge >= 0.3 is 5.97 Å². The lowest BCUT2D eigenvalue weighted by Crippen LogP contribution is -2.14. The van der Waals surface area contributed by atoms with Crippen molar-refractivity contribution in [3.63, 3.8) is 0 Å². The predicted octanol–water partition coefficient (Wildman–Crippen LogP) is 4.99. The highest BCUT2D eigenvalue weighted by atomic mass is 16.5. The third kappa shape index (κ3) is 3.79. The number of carbonyl (C=O) groups excluding carboxylic acids is 2. The molecule has 2 aromatic carbocycles. The number of rotatable bonds is 6. The van der Waals surface area contributed by atoms with E-state index in [1.165, 1.54) is 5.56 Å². The van der Waals surface area contributed by atoms with Crippen molar-refractivity contribution in [3.05, 3.63) is 71.5 Å². The molecule has 4 nitrogen and oxygen atoms in total. The molecule has 0 N–H and O–H groups in total. The smallest absolute Gasteiger partial charge is 0.374 e. The second kappa shape index (κ2) is 7.34. The number of benzene rings is 2. The Labute approximate surface area is 146 Å². The molecule has 0 aliphatic carbocycles. The number of hydrogen-bond acceptors (Lipinski definition) is 4. The molecule has 0 amide bonds. The fourth-order valence-electron chi connectivity index (χ4n) is 2.60. The SMILES string of the molecule is CC[C@@H](C)c1ccc(C(=O)COC(=O)c2cc3ccccc3o2)cc1. The average Bonchev–Trinajstić information content (AvgIpc) is 3.09. The van der Waals surface area contributed by atoms with Crippen molar-refractivity contribution < 1.29 is 18.7 Å². The van der Waals surface area contributed by atoms with Gasteiger partial charge in [0, 0.05) is 10.9 Å². The van der Waals surface area contributed by atoms with E-state index in [2.05, 4.69) is 13.8 Å². The Kier molecular flexibility index (Phi) is 4.98. The molecule has 0 bridgehead atoms. The van der Waals surface area contributed by atoms with E-state index in [0.717, 1.165) is 11.8 Å². The van der Waals surface area contributed by atoms with Gasteiger partial charge in [0.05, 0.1) is 0 Å². The molecule has 1 aromatic heterocycles. The highest BCUT2D eigenvalue weighted by molar-refractivity contribution is 5.99. The number of esters is 1. The van der Waals surface area contributed by atoms with Gasteiger partial charge in [0.1, 0.15) is 5.58 Å². The Hall–Kier alpha value is -2.88. The Morgan fingerprint density at radius 3 is 2.48 bits per heavy atom. The highest BCUT2D eigenvalue weighted by Gasteiger charge is 2.16. The summed E-state index contributed by atoms with van der Waals surface area (Å²) in [5.41, 5.74) is 2.34. The van der Waals surface area contributed by atoms with E-state index in [0.29, 0.717) is 17.1 Å². The summed E-state index contributed by atoms with van der Waals surface area (Å²) in [6, 6.07) is 16.4. The summed E-state index contributed by atoms with van der Waals surface area (Å²) in [5.74, 6) is -0.322. The van der Waals surface area contributed by atoms with Gasteiger partial charge in [0.25, 0.3) is 0 Å². The number of hydrogen-bond donors (Lipinski definition) is 0. The molecule has 0 spiro atoms. The first-order valence-corrected chi connectivity index (χ1v) is 8.37. The van der Waals surface area contributed by atoms with Gasteiger partial charge in [-0.1, -0.05) is 56.3 Å². The van der Waals surface area contributed by atoms with Crippen molar-refractivity contribution in [2.24, 2.45) is 0 Å². The number of carbonyl (C=O) groups is 2. The molecule has 0 aliphatic heterocycles. The fraction of sp³-hybridized carbons (Fsp3) is 0.238. The largest absolute Gasteiger partial charge is 0.451 e. The van der Waals surface area contributed by atoms with Crippen LogP contribution in [0.25, 0.3) is 11.0 Å². The summed E-state index contributed by atoms with van der Waals surface area (Å²) >= 11 is 0. The number of ketones is 1. The zero-order chi connectivity index (χ0) is 17.8. The van der Waals surface area contributed by atoms with Gasteiger partial charge in [-0.2, -0.15) is 0 Å². The summed E-state index contributed by atoms with van der Waals surface area (Å²) in [7, 11) is 0. The number of furan rings is 1. The molecule has 128 valence electrons. The number of para-hydroxylation sites is 1. The van der Waals surface area contributed by atoms with Crippen LogP contribution >= 0.6 is 0 Å². The van der Waals surface area contributed by atoms with E-state index in [9.17, 15) is 9.59 Å². The lowest BCUT2D eigenvalue weighted by atomic mass is 9.97. The number of fused-ring (bicyclic) bond motifs is 1. The van der Waals surface area contributed by atoms with Gasteiger partial charge in [-0.05, 0) is 30.0 Å². The summed E-state index contributed by atoms with van der Waals surface area (Å²) in [6.07, 6.45) is 1.04. The first-order chi connectivity index (χ1) is 12.1. The van der Waals surface area contributed by atoms with Crippen molar-refractivity contribution in [1.29, 1.82) is 0 Å². The molecule has 4 heteroatoms. The van der Waals surface area contributed by atoms with Crippen LogP contribution in [0.1, 0.15) is 52.7 Å². The quantitative estimate of drug-likeness (QED) is 0.470. The van der Waals surface area contributed by atoms with Crippen LogP contribution < -0.4 is 0 Å². The molecule has 0 saturated heterocycles. The monoisotopic (exact) mass is 336 g/mol. The standard InChI is InChI=1S/C21H20O4/c1-3-14(2)15-8-10-16(11-9-15)18(22)13-24-21(23)20-12-17-6-4-5-7-19(17)25-20/h4-12,14H,3,13H2,1-2H3/t14-/m1/s1. The maximum atomic E-state index is 12.2. The summed E-state index contributed by atoms with van der Waals surface area (Å²) in [6.45, 7) is 3.96. The fourth-order valence-corrected chi connectivity index (χ4v) is 2.60. The third-order valence-corrected chi connectivity index (χ3v) is 4.38. The van der Waals surface area contributed by atoms with Gasteiger partial charge in [0.15, 0.2) is 12.4 Å². The van der Waals surface area contributed by atoms with Crippen molar-refractivity contribution in [2.45, 2.75) is 26.2 Å². The van der Waals surface area contributed by atoms with Crippen LogP contribution in [0.3, 0.4) is 0 Å². The molecule has 3 aromatic rings. The van der Waals surface area contributed by atoms with E-state index in [4.69, 9.17) is 9.15 Å². The Morgan fingerprint density at radius 1 is 1.08 bits per heavy atom. The van der Waals surface area contributed by atoms with Crippen LogP contribution in [0.4, 0.5) is 0 Å². The molecule has 0 saturated carbocycles. The van der Waals surface area contributed by atoms with Crippen molar-refractivity contribution in [1.82, 2.24) is 0 Å². The lowest BCUT2D eigenvalue weighted by Gasteiger charge is -2.09. The minimum Gasteiger partial charge on any atom is -0.451 e.